The number of carboxylic acid groups (broad SMARTS) is 1. The Morgan fingerprint density at radius 2 is 1.57 bits per heavy atom. The molecule has 0 aromatic heterocycles. The number of hydrogen-bond acceptors (Lipinski definition) is 6. The molecule has 0 heterocycles. The molecule has 0 bridgehead atoms. The van der Waals surface area contributed by atoms with Gasteiger partial charge >= 0.3 is 5.97 Å². The van der Waals surface area contributed by atoms with Gasteiger partial charge in [0.2, 0.25) is 0 Å². The fourth-order valence-electron chi connectivity index (χ4n) is 4.05. The van der Waals surface area contributed by atoms with Crippen molar-refractivity contribution in [2.45, 2.75) is 90.8 Å². The van der Waals surface area contributed by atoms with Crippen LogP contribution in [0.3, 0.4) is 0 Å². The smallest absolute Gasteiger partial charge is 0.313 e. The van der Waals surface area contributed by atoms with Crippen LogP contribution in [0.1, 0.15) is 71.9 Å². The zero-order chi connectivity index (χ0) is 28.9. The van der Waals surface area contributed by atoms with Crippen LogP contribution in [0.15, 0.2) is 24.3 Å². The van der Waals surface area contributed by atoms with Crippen LogP contribution in [0, 0.1) is 5.41 Å². The molecule has 1 rings (SSSR count). The molecule has 1 aromatic carbocycles. The lowest BCUT2D eigenvalue weighted by atomic mass is 9.76. The van der Waals surface area contributed by atoms with Gasteiger partial charge in [0, 0.05) is 12.9 Å². The lowest BCUT2D eigenvalue weighted by Crippen LogP contribution is -2.42. The summed E-state index contributed by atoms with van der Waals surface area (Å²) in [5, 5.41) is 10.1. The second-order valence-electron chi connectivity index (χ2n) is 12.9. The molecular formula is C27H48O7S2Si. The first kappa shape index (κ1) is 33.8. The van der Waals surface area contributed by atoms with Crippen LogP contribution in [-0.4, -0.2) is 66.4 Å². The van der Waals surface area contributed by atoms with Crippen molar-refractivity contribution in [1.29, 1.82) is 0 Å². The number of aliphatic carboxylic acids is 1. The normalized spacial score (nSPS) is 15.4. The molecule has 0 radical (unpaired) electrons. The third-order valence-corrected chi connectivity index (χ3v) is 15.1. The molecule has 0 aliphatic carbocycles. The van der Waals surface area contributed by atoms with Gasteiger partial charge in [-0.25, -0.2) is 16.8 Å². The molecule has 37 heavy (non-hydrogen) atoms. The predicted molar refractivity (Wildman–Crippen MR) is 154 cm³/mol. The molecular weight excluding hydrogens is 529 g/mol. The second kappa shape index (κ2) is 12.3. The molecule has 1 atom stereocenters. The maximum atomic E-state index is 12.8. The van der Waals surface area contributed by atoms with E-state index in [1.54, 1.807) is 31.2 Å². The number of sulfone groups is 2. The standard InChI is InChI=1S/C27H48O7S2Si/c1-25(2,3)37(8,9)34-17-19-36(32,33)21-26(4,5)15-11-16-27(6,24(28)29)23-13-10-12-22(20-23)14-18-35(7,30)31/h10,12-13,20H,11,14-19,21H2,1-9H3,(H,28,29)/t27-/m0/s1. The molecule has 0 amide bonds. The first-order valence-electron chi connectivity index (χ1n) is 12.8. The highest BCUT2D eigenvalue weighted by atomic mass is 32.2. The number of carboxylic acids is 1. The summed E-state index contributed by atoms with van der Waals surface area (Å²) in [4.78, 5) is 12.3. The van der Waals surface area contributed by atoms with Crippen molar-refractivity contribution in [2.24, 2.45) is 5.41 Å². The molecule has 0 unspecified atom stereocenters. The van der Waals surface area contributed by atoms with Gasteiger partial charge in [0.1, 0.15) is 9.84 Å². The Bertz CT molecular complexity index is 1130. The average Bonchev–Trinajstić information content (AvgIpc) is 2.69. The number of benzene rings is 1. The van der Waals surface area contributed by atoms with Crippen molar-refractivity contribution < 1.29 is 31.2 Å². The Labute approximate surface area is 226 Å². The summed E-state index contributed by atoms with van der Waals surface area (Å²) in [5.41, 5.74) is -0.263. The average molecular weight is 577 g/mol. The van der Waals surface area contributed by atoms with Crippen LogP contribution in [0.4, 0.5) is 0 Å². The van der Waals surface area contributed by atoms with E-state index in [1.165, 1.54) is 6.26 Å². The number of carbonyl (C=O) groups is 1. The van der Waals surface area contributed by atoms with Crippen LogP contribution in [-0.2, 0) is 40.7 Å². The lowest BCUT2D eigenvalue weighted by molar-refractivity contribution is -0.143. The van der Waals surface area contributed by atoms with Gasteiger partial charge in [-0.15, -0.1) is 0 Å². The van der Waals surface area contributed by atoms with Gasteiger partial charge in [-0.3, -0.25) is 4.79 Å². The molecule has 10 heteroatoms. The summed E-state index contributed by atoms with van der Waals surface area (Å²) >= 11 is 0. The molecule has 1 aromatic rings. The van der Waals surface area contributed by atoms with Gasteiger partial charge in [-0.2, -0.15) is 0 Å². The number of rotatable bonds is 15. The highest BCUT2D eigenvalue weighted by Gasteiger charge is 2.38. The number of hydrogen-bond donors (Lipinski definition) is 1. The summed E-state index contributed by atoms with van der Waals surface area (Å²) in [6.45, 7) is 16.2. The Morgan fingerprint density at radius 1 is 0.973 bits per heavy atom. The summed E-state index contributed by atoms with van der Waals surface area (Å²) in [6, 6.07) is 7.10. The second-order valence-corrected chi connectivity index (χ2v) is 22.2. The van der Waals surface area contributed by atoms with Crippen molar-refractivity contribution in [3.05, 3.63) is 35.4 Å². The minimum atomic E-state index is -3.33. The summed E-state index contributed by atoms with van der Waals surface area (Å²) in [6.07, 6.45) is 2.95. The number of aryl methyl sites for hydroxylation is 1. The summed E-state index contributed by atoms with van der Waals surface area (Å²) in [5.74, 6) is -0.952. The van der Waals surface area contributed by atoms with Gasteiger partial charge in [0.05, 0.1) is 22.7 Å². The summed E-state index contributed by atoms with van der Waals surface area (Å²) < 4.78 is 54.8. The van der Waals surface area contributed by atoms with E-state index in [4.69, 9.17) is 4.43 Å². The predicted octanol–water partition coefficient (Wildman–Crippen LogP) is 5.25. The van der Waals surface area contributed by atoms with E-state index >= 15 is 0 Å². The fraction of sp³-hybridized carbons (Fsp3) is 0.741. The van der Waals surface area contributed by atoms with Gasteiger partial charge < -0.3 is 9.53 Å². The van der Waals surface area contributed by atoms with E-state index in [2.05, 4.69) is 33.9 Å². The highest BCUT2D eigenvalue weighted by molar-refractivity contribution is 7.91. The van der Waals surface area contributed by atoms with Gasteiger partial charge in [-0.1, -0.05) is 65.3 Å². The van der Waals surface area contributed by atoms with Crippen LogP contribution >= 0.6 is 0 Å². The molecule has 0 spiro atoms. The molecule has 0 aliphatic heterocycles. The molecule has 1 N–H and O–H groups in total. The van der Waals surface area contributed by atoms with E-state index in [-0.39, 0.29) is 28.9 Å². The zero-order valence-electron chi connectivity index (χ0n) is 24.2. The molecule has 0 fully saturated rings. The monoisotopic (exact) mass is 576 g/mol. The highest BCUT2D eigenvalue weighted by Crippen LogP contribution is 2.37. The van der Waals surface area contributed by atoms with Gasteiger partial charge in [-0.05, 0) is 60.9 Å². The van der Waals surface area contributed by atoms with Crippen LogP contribution in [0.5, 0.6) is 0 Å². The fourth-order valence-corrected chi connectivity index (χ4v) is 7.66. The Hall–Kier alpha value is -1.23. The topological polar surface area (TPSA) is 115 Å². The maximum Gasteiger partial charge on any atom is 0.313 e. The van der Waals surface area contributed by atoms with Crippen LogP contribution in [0.25, 0.3) is 0 Å². The van der Waals surface area contributed by atoms with Crippen LogP contribution in [0.2, 0.25) is 18.1 Å². The van der Waals surface area contributed by atoms with Crippen molar-refractivity contribution in [2.75, 3.05) is 30.1 Å². The Morgan fingerprint density at radius 3 is 2.08 bits per heavy atom. The molecule has 214 valence electrons. The molecule has 0 aliphatic rings. The Balaban J connectivity index is 2.82. The summed E-state index contributed by atoms with van der Waals surface area (Å²) in [7, 11) is -8.47. The van der Waals surface area contributed by atoms with E-state index in [0.29, 0.717) is 31.2 Å². The minimum Gasteiger partial charge on any atom is -0.481 e. The first-order chi connectivity index (χ1) is 16.5. The van der Waals surface area contributed by atoms with E-state index < -0.39 is 44.8 Å². The maximum absolute atomic E-state index is 12.8. The molecule has 0 saturated carbocycles. The van der Waals surface area contributed by atoms with Gasteiger partial charge in [0.25, 0.3) is 0 Å². The van der Waals surface area contributed by atoms with E-state index in [1.807, 2.05) is 13.8 Å². The lowest BCUT2D eigenvalue weighted by Gasteiger charge is -2.36. The third kappa shape index (κ3) is 11.2. The quantitative estimate of drug-likeness (QED) is 0.284. The SMILES string of the molecule is CC(C)(CCC[C@](C)(C(=O)O)c1cccc(CCS(C)(=O)=O)c1)CS(=O)(=O)CCO[Si](C)(C)C(C)(C)C. The van der Waals surface area contributed by atoms with Crippen molar-refractivity contribution in [3.63, 3.8) is 0 Å². The first-order valence-corrected chi connectivity index (χ1v) is 19.6. The molecule has 0 saturated heterocycles. The molecule has 7 nitrogen and oxygen atoms in total. The van der Waals surface area contributed by atoms with Crippen molar-refractivity contribution >= 4 is 34.0 Å². The van der Waals surface area contributed by atoms with Gasteiger partial charge in [0.15, 0.2) is 18.2 Å². The third-order valence-electron chi connectivity index (χ3n) is 7.60. The minimum absolute atomic E-state index is 0.00380. The zero-order valence-corrected chi connectivity index (χ0v) is 26.8. The Kier molecular flexibility index (Phi) is 11.2. The van der Waals surface area contributed by atoms with E-state index in [0.717, 1.165) is 5.56 Å². The van der Waals surface area contributed by atoms with Crippen LogP contribution < -0.4 is 0 Å². The van der Waals surface area contributed by atoms with E-state index in [9.17, 15) is 26.7 Å². The van der Waals surface area contributed by atoms with Crippen molar-refractivity contribution in [3.8, 4) is 0 Å². The van der Waals surface area contributed by atoms with Crippen molar-refractivity contribution in [1.82, 2.24) is 0 Å². The largest absolute Gasteiger partial charge is 0.481 e.